The summed E-state index contributed by atoms with van der Waals surface area (Å²) < 4.78 is 11.1. The van der Waals surface area contributed by atoms with Crippen LogP contribution in [0.1, 0.15) is 30.9 Å². The van der Waals surface area contributed by atoms with Crippen molar-refractivity contribution in [3.63, 3.8) is 0 Å². The van der Waals surface area contributed by atoms with Crippen LogP contribution in [-0.4, -0.2) is 62.5 Å². The van der Waals surface area contributed by atoms with Crippen LogP contribution in [0.25, 0.3) is 0 Å². The molecule has 0 radical (unpaired) electrons. The molecule has 0 aromatic carbocycles. The normalized spacial score (nSPS) is 19.0. The predicted octanol–water partition coefficient (Wildman–Crippen LogP) is 1.41. The quantitative estimate of drug-likeness (QED) is 0.387. The second-order valence-corrected chi connectivity index (χ2v) is 5.80. The maximum Gasteiger partial charge on any atom is 0.191 e. The Balaban J connectivity index is 0.00000288. The Kier molecular flexibility index (Phi) is 9.60. The van der Waals surface area contributed by atoms with Gasteiger partial charge < -0.3 is 24.8 Å². The maximum absolute atomic E-state index is 5.75. The van der Waals surface area contributed by atoms with Crippen molar-refractivity contribution in [2.45, 2.75) is 39.3 Å². The molecule has 24 heavy (non-hydrogen) atoms. The van der Waals surface area contributed by atoms with Crippen molar-refractivity contribution in [1.82, 2.24) is 20.7 Å². The molecule has 2 N–H and O–H groups in total. The largest absolute Gasteiger partial charge is 0.374 e. The number of likely N-dealkylation sites (N-methyl/N-ethyl adjacent to an activating group) is 1. The molecule has 7 nitrogen and oxygen atoms in total. The topological polar surface area (TPSA) is 74.9 Å². The van der Waals surface area contributed by atoms with Gasteiger partial charge in [0.15, 0.2) is 5.96 Å². The lowest BCUT2D eigenvalue weighted by Gasteiger charge is -2.30. The molecule has 0 spiro atoms. The molecule has 0 amide bonds. The number of rotatable bonds is 6. The van der Waals surface area contributed by atoms with Crippen LogP contribution in [0, 0.1) is 0 Å². The average Bonchev–Trinajstić information content (AvgIpc) is 2.97. The lowest BCUT2D eigenvalue weighted by Crippen LogP contribution is -2.48. The van der Waals surface area contributed by atoms with E-state index in [0.29, 0.717) is 6.54 Å². The summed E-state index contributed by atoms with van der Waals surface area (Å²) in [5.41, 5.74) is 2.16. The number of guanidine groups is 1. The molecule has 2 heterocycles. The van der Waals surface area contributed by atoms with E-state index in [2.05, 4.69) is 46.6 Å². The summed E-state index contributed by atoms with van der Waals surface area (Å²) in [6.45, 7) is 8.30. The standard InChI is InChI=1S/C16H29N5O2.HI/c1-5-14-13(15(6-2)23-20-14)10-19-16(17-3)18-9-12-11-21(4)7-8-22-12;/h12H,5-11H2,1-4H3,(H2,17,18,19);1H. The highest BCUT2D eigenvalue weighted by atomic mass is 127. The highest BCUT2D eigenvalue weighted by molar-refractivity contribution is 14.0. The third-order valence-corrected chi connectivity index (χ3v) is 4.10. The summed E-state index contributed by atoms with van der Waals surface area (Å²) in [5.74, 6) is 1.72. The van der Waals surface area contributed by atoms with Gasteiger partial charge in [-0.25, -0.2) is 0 Å². The number of nitrogens with one attached hydrogen (secondary N) is 2. The van der Waals surface area contributed by atoms with E-state index < -0.39 is 0 Å². The zero-order chi connectivity index (χ0) is 16.7. The second kappa shape index (κ2) is 10.9. The van der Waals surface area contributed by atoms with Gasteiger partial charge in [-0.15, -0.1) is 24.0 Å². The van der Waals surface area contributed by atoms with E-state index >= 15 is 0 Å². The van der Waals surface area contributed by atoms with Gasteiger partial charge >= 0.3 is 0 Å². The molecular weight excluding hydrogens is 421 g/mol. The van der Waals surface area contributed by atoms with Gasteiger partial charge in [-0.05, 0) is 13.5 Å². The maximum atomic E-state index is 5.75. The monoisotopic (exact) mass is 451 g/mol. The fourth-order valence-electron chi connectivity index (χ4n) is 2.73. The van der Waals surface area contributed by atoms with Crippen molar-refractivity contribution in [2.75, 3.05) is 40.3 Å². The van der Waals surface area contributed by atoms with Crippen LogP contribution in [0.15, 0.2) is 9.52 Å². The van der Waals surface area contributed by atoms with Crippen LogP contribution in [0.5, 0.6) is 0 Å². The third-order valence-electron chi connectivity index (χ3n) is 4.10. The van der Waals surface area contributed by atoms with Crippen LogP contribution >= 0.6 is 24.0 Å². The zero-order valence-electron chi connectivity index (χ0n) is 15.1. The Labute approximate surface area is 161 Å². The van der Waals surface area contributed by atoms with Crippen molar-refractivity contribution in [3.05, 3.63) is 17.0 Å². The highest BCUT2D eigenvalue weighted by Crippen LogP contribution is 2.15. The minimum atomic E-state index is 0. The first-order chi connectivity index (χ1) is 11.2. The highest BCUT2D eigenvalue weighted by Gasteiger charge is 2.18. The fourth-order valence-corrected chi connectivity index (χ4v) is 2.73. The molecule has 0 saturated carbocycles. The van der Waals surface area contributed by atoms with Crippen LogP contribution in [0.2, 0.25) is 0 Å². The Morgan fingerprint density at radius 1 is 1.33 bits per heavy atom. The van der Waals surface area contributed by atoms with Gasteiger partial charge in [0.25, 0.3) is 0 Å². The van der Waals surface area contributed by atoms with Crippen LogP contribution in [0.3, 0.4) is 0 Å². The first kappa shape index (κ1) is 21.2. The minimum Gasteiger partial charge on any atom is -0.374 e. The number of aryl methyl sites for hydroxylation is 2. The molecule has 1 fully saturated rings. The predicted molar refractivity (Wildman–Crippen MR) is 106 cm³/mol. The molecule has 1 aromatic rings. The summed E-state index contributed by atoms with van der Waals surface area (Å²) in [5, 5.41) is 10.8. The van der Waals surface area contributed by atoms with Crippen molar-refractivity contribution in [3.8, 4) is 0 Å². The van der Waals surface area contributed by atoms with Gasteiger partial charge in [0, 0.05) is 45.2 Å². The van der Waals surface area contributed by atoms with Crippen LogP contribution in [0.4, 0.5) is 0 Å². The molecule has 1 unspecified atom stereocenters. The summed E-state index contributed by atoms with van der Waals surface area (Å²) in [6, 6.07) is 0. The van der Waals surface area contributed by atoms with Gasteiger partial charge in [0.2, 0.25) is 0 Å². The van der Waals surface area contributed by atoms with E-state index in [-0.39, 0.29) is 30.1 Å². The molecule has 8 heteroatoms. The van der Waals surface area contributed by atoms with Gasteiger partial charge in [-0.2, -0.15) is 0 Å². The molecule has 1 atom stereocenters. The van der Waals surface area contributed by atoms with E-state index in [1.807, 2.05) is 0 Å². The lowest BCUT2D eigenvalue weighted by atomic mass is 10.1. The smallest absolute Gasteiger partial charge is 0.191 e. The van der Waals surface area contributed by atoms with E-state index in [1.165, 1.54) is 0 Å². The number of ether oxygens (including phenoxy) is 1. The molecule has 1 aromatic heterocycles. The number of aromatic nitrogens is 1. The Morgan fingerprint density at radius 2 is 2.12 bits per heavy atom. The molecular formula is C16H30IN5O2. The molecule has 1 aliphatic heterocycles. The first-order valence-electron chi connectivity index (χ1n) is 8.38. The van der Waals surface area contributed by atoms with Crippen molar-refractivity contribution in [1.29, 1.82) is 0 Å². The Hall–Kier alpha value is -0.870. The number of halogens is 1. The molecule has 2 rings (SSSR count). The van der Waals surface area contributed by atoms with Gasteiger partial charge in [0.1, 0.15) is 5.76 Å². The van der Waals surface area contributed by atoms with Crippen molar-refractivity contribution in [2.24, 2.45) is 4.99 Å². The molecule has 138 valence electrons. The minimum absolute atomic E-state index is 0. The summed E-state index contributed by atoms with van der Waals surface area (Å²) in [6.07, 6.45) is 1.91. The van der Waals surface area contributed by atoms with E-state index in [9.17, 15) is 0 Å². The summed E-state index contributed by atoms with van der Waals surface area (Å²) in [4.78, 5) is 6.56. The van der Waals surface area contributed by atoms with Crippen LogP contribution < -0.4 is 10.6 Å². The van der Waals surface area contributed by atoms with E-state index in [1.54, 1.807) is 7.05 Å². The van der Waals surface area contributed by atoms with E-state index in [4.69, 9.17) is 9.26 Å². The molecule has 1 saturated heterocycles. The summed E-state index contributed by atoms with van der Waals surface area (Å²) >= 11 is 0. The SMILES string of the molecule is CCc1noc(CC)c1CNC(=NC)NCC1CN(C)CCO1.I. The van der Waals surface area contributed by atoms with E-state index in [0.717, 1.165) is 62.1 Å². The van der Waals surface area contributed by atoms with Gasteiger partial charge in [-0.1, -0.05) is 19.0 Å². The zero-order valence-corrected chi connectivity index (χ0v) is 17.4. The number of aliphatic imine (C=N–C) groups is 1. The first-order valence-corrected chi connectivity index (χ1v) is 8.38. The number of nitrogens with zero attached hydrogens (tertiary/aromatic N) is 3. The van der Waals surface area contributed by atoms with Crippen molar-refractivity contribution >= 4 is 29.9 Å². The number of hydrogen-bond acceptors (Lipinski definition) is 5. The lowest BCUT2D eigenvalue weighted by molar-refractivity contribution is -0.0161. The molecule has 0 bridgehead atoms. The number of morpholine rings is 1. The Bertz CT molecular complexity index is 499. The second-order valence-electron chi connectivity index (χ2n) is 5.80. The average molecular weight is 451 g/mol. The third kappa shape index (κ3) is 5.89. The van der Waals surface area contributed by atoms with Crippen LogP contribution in [-0.2, 0) is 24.1 Å². The van der Waals surface area contributed by atoms with Gasteiger partial charge in [0.05, 0.1) is 18.4 Å². The molecule has 0 aliphatic carbocycles. The molecule has 1 aliphatic rings. The van der Waals surface area contributed by atoms with Crippen molar-refractivity contribution < 1.29 is 9.26 Å². The summed E-state index contributed by atoms with van der Waals surface area (Å²) in [7, 11) is 3.89. The number of hydrogen-bond donors (Lipinski definition) is 2. The fraction of sp³-hybridized carbons (Fsp3) is 0.750. The van der Waals surface area contributed by atoms with Gasteiger partial charge in [-0.3, -0.25) is 4.99 Å². The Morgan fingerprint density at radius 3 is 2.75 bits per heavy atom.